The number of aryl methyl sites for hydroxylation is 1. The summed E-state index contributed by atoms with van der Waals surface area (Å²) in [4.78, 5) is 4.28. The molecule has 0 unspecified atom stereocenters. The molecule has 5 aromatic rings. The Kier molecular flexibility index (Phi) is 8.41. The van der Waals surface area contributed by atoms with E-state index in [2.05, 4.69) is 66.5 Å². The molecule has 0 bridgehead atoms. The van der Waals surface area contributed by atoms with Gasteiger partial charge in [0, 0.05) is 23.2 Å². The van der Waals surface area contributed by atoms with Gasteiger partial charge < -0.3 is 5.73 Å². The number of nitrogen functional groups attached to an aromatic ring is 1. The van der Waals surface area contributed by atoms with Crippen molar-refractivity contribution in [1.29, 1.82) is 0 Å². The van der Waals surface area contributed by atoms with E-state index in [0.29, 0.717) is 11.7 Å². The van der Waals surface area contributed by atoms with Gasteiger partial charge in [-0.25, -0.2) is 9.50 Å². The van der Waals surface area contributed by atoms with E-state index in [9.17, 15) is 0 Å². The normalized spacial score (nSPS) is 11.4. The number of nitrogens with zero attached hydrogens (tertiary/aromatic N) is 5. The van der Waals surface area contributed by atoms with E-state index >= 15 is 0 Å². The van der Waals surface area contributed by atoms with Crippen LogP contribution in [0.25, 0.3) is 28.4 Å². The quantitative estimate of drug-likeness (QED) is 0.233. The molecule has 2 N–H and O–H groups in total. The molecule has 6 nitrogen and oxygen atoms in total. The van der Waals surface area contributed by atoms with Gasteiger partial charge in [0.1, 0.15) is 11.8 Å². The molecule has 0 aliphatic rings. The smallest absolute Gasteiger partial charge is 0.151 e. The Balaban J connectivity index is 0.00000156. The average molecular weight is 513 g/mol. The van der Waals surface area contributed by atoms with Gasteiger partial charge in [-0.1, -0.05) is 69.3 Å². The highest BCUT2D eigenvalue weighted by Crippen LogP contribution is 2.34. The fourth-order valence-electron chi connectivity index (χ4n) is 4.40. The summed E-state index contributed by atoms with van der Waals surface area (Å²) in [7, 11) is 0. The van der Waals surface area contributed by atoms with Crippen LogP contribution in [0.4, 0.5) is 5.82 Å². The zero-order valence-corrected chi connectivity index (χ0v) is 22.6. The Morgan fingerprint density at radius 1 is 1.03 bits per heavy atom. The predicted octanol–water partition coefficient (Wildman–Crippen LogP) is 7.25. The minimum absolute atomic E-state index is 0.445. The minimum atomic E-state index is 0.445. The fraction of sp³-hybridized carbons (Fsp3) is 0.233. The van der Waals surface area contributed by atoms with Crippen molar-refractivity contribution in [1.82, 2.24) is 24.4 Å². The van der Waals surface area contributed by atoms with E-state index in [4.69, 9.17) is 22.4 Å². The van der Waals surface area contributed by atoms with E-state index in [1.54, 1.807) is 0 Å². The second-order valence-corrected chi connectivity index (χ2v) is 8.85. The van der Waals surface area contributed by atoms with Crippen molar-refractivity contribution in [3.8, 4) is 11.3 Å². The molecular weight excluding hydrogens is 480 g/mol. The van der Waals surface area contributed by atoms with Crippen molar-refractivity contribution in [2.75, 3.05) is 5.73 Å². The van der Waals surface area contributed by atoms with Crippen LogP contribution in [0, 0.1) is 6.92 Å². The summed E-state index contributed by atoms with van der Waals surface area (Å²) in [5.74, 6) is 0.895. The number of rotatable bonds is 7. The first-order valence-electron chi connectivity index (χ1n) is 12.6. The van der Waals surface area contributed by atoms with Gasteiger partial charge in [-0.05, 0) is 53.8 Å². The van der Waals surface area contributed by atoms with Crippen LogP contribution in [0.1, 0.15) is 55.1 Å². The molecule has 2 aromatic carbocycles. The van der Waals surface area contributed by atoms with Crippen molar-refractivity contribution in [3.63, 3.8) is 0 Å². The molecule has 0 aliphatic carbocycles. The first-order chi connectivity index (χ1) is 18.1. The summed E-state index contributed by atoms with van der Waals surface area (Å²) in [6, 6.07) is 20.7. The van der Waals surface area contributed by atoms with Crippen LogP contribution in [0.5, 0.6) is 0 Å². The highest BCUT2D eigenvalue weighted by atomic mass is 35.5. The molecule has 3 heterocycles. The number of hydrogen-bond acceptors (Lipinski definition) is 4. The molecule has 37 heavy (non-hydrogen) atoms. The number of fused-ring (bicyclic) bond motifs is 1. The number of anilines is 1. The van der Waals surface area contributed by atoms with Gasteiger partial charge in [-0.2, -0.15) is 10.2 Å². The van der Waals surface area contributed by atoms with Crippen LogP contribution in [0.3, 0.4) is 0 Å². The zero-order valence-electron chi connectivity index (χ0n) is 21.8. The largest absolute Gasteiger partial charge is 0.382 e. The molecule has 0 amide bonds. The molecule has 0 spiro atoms. The standard InChI is InChI=1S/C28H27ClN6.C2H6/c1-3-22(13-25-19(2)16-34(33-25)17-20-8-5-4-6-9-20)24-14-26(23-11-7-10-21(12-23)15-29)35-27(24)28(30)31-18-32-35;1-2/h4-14,16,18H,3,15,17H2,1-2H3,(H2,30,31,32);1-2H3/b22-13+;. The van der Waals surface area contributed by atoms with Gasteiger partial charge in [-0.15, -0.1) is 11.6 Å². The summed E-state index contributed by atoms with van der Waals surface area (Å²) in [6.07, 6.45) is 6.54. The summed E-state index contributed by atoms with van der Waals surface area (Å²) in [5, 5.41) is 9.40. The Hall–Kier alpha value is -3.90. The Bertz CT molecular complexity index is 1510. The Morgan fingerprint density at radius 3 is 2.51 bits per heavy atom. The van der Waals surface area contributed by atoms with Gasteiger partial charge in [0.2, 0.25) is 0 Å². The zero-order chi connectivity index (χ0) is 26.4. The van der Waals surface area contributed by atoms with Crippen molar-refractivity contribution in [3.05, 3.63) is 101 Å². The van der Waals surface area contributed by atoms with E-state index in [1.165, 1.54) is 11.9 Å². The topological polar surface area (TPSA) is 74.0 Å². The average Bonchev–Trinajstić information content (AvgIpc) is 3.49. The lowest BCUT2D eigenvalue weighted by Crippen LogP contribution is -2.01. The van der Waals surface area contributed by atoms with E-state index in [-0.39, 0.29) is 0 Å². The maximum Gasteiger partial charge on any atom is 0.151 e. The first kappa shape index (κ1) is 26.2. The second kappa shape index (κ2) is 11.9. The van der Waals surface area contributed by atoms with Crippen molar-refractivity contribution >= 4 is 34.6 Å². The molecule has 3 aromatic heterocycles. The highest BCUT2D eigenvalue weighted by molar-refractivity contribution is 6.17. The Morgan fingerprint density at radius 2 is 1.78 bits per heavy atom. The number of alkyl halides is 1. The van der Waals surface area contributed by atoms with Crippen LogP contribution in [0.15, 0.2) is 73.2 Å². The highest BCUT2D eigenvalue weighted by Gasteiger charge is 2.18. The van der Waals surface area contributed by atoms with Crippen LogP contribution in [0.2, 0.25) is 0 Å². The van der Waals surface area contributed by atoms with Gasteiger partial charge >= 0.3 is 0 Å². The number of halogens is 1. The number of benzene rings is 2. The van der Waals surface area contributed by atoms with E-state index < -0.39 is 0 Å². The van der Waals surface area contributed by atoms with Crippen LogP contribution < -0.4 is 5.73 Å². The minimum Gasteiger partial charge on any atom is -0.382 e. The molecule has 7 heteroatoms. The molecule has 0 saturated heterocycles. The summed E-state index contributed by atoms with van der Waals surface area (Å²) in [6.45, 7) is 8.96. The number of allylic oxidation sites excluding steroid dienone is 1. The number of hydrogen-bond donors (Lipinski definition) is 1. The molecule has 5 rings (SSSR count). The molecule has 0 fully saturated rings. The lowest BCUT2D eigenvalue weighted by atomic mass is 10.0. The molecule has 0 aliphatic heterocycles. The first-order valence-corrected chi connectivity index (χ1v) is 13.2. The monoisotopic (exact) mass is 512 g/mol. The van der Waals surface area contributed by atoms with Crippen LogP contribution in [-0.4, -0.2) is 24.4 Å². The summed E-state index contributed by atoms with van der Waals surface area (Å²) in [5.41, 5.74) is 15.6. The van der Waals surface area contributed by atoms with Crippen LogP contribution >= 0.6 is 11.6 Å². The second-order valence-electron chi connectivity index (χ2n) is 8.59. The lowest BCUT2D eigenvalue weighted by Gasteiger charge is -2.06. The van der Waals surface area contributed by atoms with Crippen molar-refractivity contribution in [2.24, 2.45) is 0 Å². The number of aromatic nitrogens is 5. The van der Waals surface area contributed by atoms with Gasteiger partial charge in [0.15, 0.2) is 5.82 Å². The summed E-state index contributed by atoms with van der Waals surface area (Å²) < 4.78 is 3.86. The molecule has 0 atom stereocenters. The van der Waals surface area contributed by atoms with Gasteiger partial charge in [0.05, 0.1) is 17.9 Å². The fourth-order valence-corrected chi connectivity index (χ4v) is 4.56. The summed E-state index contributed by atoms with van der Waals surface area (Å²) >= 11 is 6.10. The predicted molar refractivity (Wildman–Crippen MR) is 154 cm³/mol. The molecule has 0 saturated carbocycles. The lowest BCUT2D eigenvalue weighted by molar-refractivity contribution is 0.684. The van der Waals surface area contributed by atoms with E-state index in [1.807, 2.05) is 53.4 Å². The van der Waals surface area contributed by atoms with Crippen molar-refractivity contribution in [2.45, 2.75) is 46.5 Å². The third kappa shape index (κ3) is 5.59. The number of nitrogens with two attached hydrogens (primary N) is 1. The van der Waals surface area contributed by atoms with Gasteiger partial charge in [-0.3, -0.25) is 4.68 Å². The van der Waals surface area contributed by atoms with Gasteiger partial charge in [0.25, 0.3) is 0 Å². The molecular formula is C30H33ClN6. The third-order valence-corrected chi connectivity index (χ3v) is 6.48. The SMILES string of the molecule is CC.CC/C(=C\c1nn(Cc2ccccc2)cc1C)c1cc(-c2cccc(CCl)c2)n2ncnc(N)c12. The maximum absolute atomic E-state index is 6.37. The Labute approximate surface area is 223 Å². The van der Waals surface area contributed by atoms with Crippen LogP contribution in [-0.2, 0) is 12.4 Å². The molecule has 190 valence electrons. The molecule has 0 radical (unpaired) electrons. The van der Waals surface area contributed by atoms with E-state index in [0.717, 1.165) is 57.7 Å². The third-order valence-electron chi connectivity index (χ3n) is 6.17. The van der Waals surface area contributed by atoms with Crippen molar-refractivity contribution < 1.29 is 0 Å². The maximum atomic E-state index is 6.37.